The monoisotopic (exact) mass is 313 g/mol. The zero-order chi connectivity index (χ0) is 16.2. The number of anilines is 1. The number of aromatic nitrogens is 2. The first-order valence-corrected chi connectivity index (χ1v) is 6.51. The van der Waals surface area contributed by atoms with Gasteiger partial charge in [-0.1, -0.05) is 19.1 Å². The molecule has 0 saturated carbocycles. The highest BCUT2D eigenvalue weighted by molar-refractivity contribution is 5.94. The Morgan fingerprint density at radius 2 is 2.00 bits per heavy atom. The molecule has 1 aromatic carbocycles. The number of nitrogens with zero attached hydrogens (tertiary/aromatic N) is 2. The third-order valence-electron chi connectivity index (χ3n) is 2.84. The first-order valence-electron chi connectivity index (χ1n) is 6.51. The molecule has 1 heterocycles. The number of aryl methyl sites for hydroxylation is 1. The Hall–Kier alpha value is -2.51. The average Bonchev–Trinajstić information content (AvgIpc) is 2.92. The molecule has 0 bridgehead atoms. The van der Waals surface area contributed by atoms with Crippen molar-refractivity contribution < 1.29 is 22.7 Å². The van der Waals surface area contributed by atoms with Crippen LogP contribution in [0.25, 0.3) is 0 Å². The van der Waals surface area contributed by atoms with E-state index in [1.807, 2.05) is 19.1 Å². The summed E-state index contributed by atoms with van der Waals surface area (Å²) in [6.07, 6.45) is -1.64. The normalized spacial score (nSPS) is 11.3. The summed E-state index contributed by atoms with van der Waals surface area (Å²) in [4.78, 5) is 10.8. The summed E-state index contributed by atoms with van der Waals surface area (Å²) in [5.41, 5.74) is 1.12. The maximum Gasteiger partial charge on any atom is 0.471 e. The van der Waals surface area contributed by atoms with Crippen LogP contribution in [0.5, 0.6) is 5.75 Å². The minimum absolute atomic E-state index is 0.0212. The number of benzene rings is 1. The predicted octanol–water partition coefficient (Wildman–Crippen LogP) is 2.98. The topological polar surface area (TPSA) is 56.1 Å². The zero-order valence-corrected chi connectivity index (χ0v) is 11.7. The van der Waals surface area contributed by atoms with Crippen LogP contribution in [-0.4, -0.2) is 21.9 Å². The molecule has 0 spiro atoms. The quantitative estimate of drug-likeness (QED) is 0.923. The summed E-state index contributed by atoms with van der Waals surface area (Å²) >= 11 is 0. The second-order valence-electron chi connectivity index (χ2n) is 4.49. The van der Waals surface area contributed by atoms with E-state index >= 15 is 0 Å². The summed E-state index contributed by atoms with van der Waals surface area (Å²) in [5, 5.41) is 5.52. The molecule has 5 nitrogen and oxygen atoms in total. The molecule has 0 unspecified atom stereocenters. The van der Waals surface area contributed by atoms with E-state index < -0.39 is 12.1 Å². The van der Waals surface area contributed by atoms with Gasteiger partial charge in [-0.15, -0.1) is 0 Å². The smallest absolute Gasteiger partial charge is 0.471 e. The number of halogens is 3. The lowest BCUT2D eigenvalue weighted by molar-refractivity contribution is -0.167. The fraction of sp³-hybridized carbons (Fsp3) is 0.286. The lowest BCUT2D eigenvalue weighted by atomic mass is 10.2. The Kier molecular flexibility index (Phi) is 4.69. The third kappa shape index (κ3) is 4.24. The van der Waals surface area contributed by atoms with Crippen LogP contribution in [-0.2, 0) is 17.9 Å². The molecule has 0 saturated heterocycles. The van der Waals surface area contributed by atoms with Crippen LogP contribution in [0.15, 0.2) is 36.7 Å². The van der Waals surface area contributed by atoms with Crippen LogP contribution in [0.2, 0.25) is 0 Å². The van der Waals surface area contributed by atoms with Gasteiger partial charge in [-0.25, -0.2) is 4.68 Å². The van der Waals surface area contributed by atoms with Gasteiger partial charge in [0.25, 0.3) is 0 Å². The number of nitrogens with one attached hydrogen (secondary N) is 1. The molecule has 0 aliphatic carbocycles. The first kappa shape index (κ1) is 15.9. The average molecular weight is 313 g/mol. The van der Waals surface area contributed by atoms with E-state index in [4.69, 9.17) is 4.74 Å². The Morgan fingerprint density at radius 3 is 2.59 bits per heavy atom. The number of ether oxygens (including phenoxy) is 1. The summed E-state index contributed by atoms with van der Waals surface area (Å²) in [6, 6.07) is 7.45. The van der Waals surface area contributed by atoms with Crippen molar-refractivity contribution in [3.63, 3.8) is 0 Å². The van der Waals surface area contributed by atoms with Gasteiger partial charge in [0.15, 0.2) is 6.73 Å². The molecule has 2 aromatic rings. The van der Waals surface area contributed by atoms with Gasteiger partial charge in [0.05, 0.1) is 18.1 Å². The number of hydrogen-bond acceptors (Lipinski definition) is 3. The molecule has 2 rings (SSSR count). The van der Waals surface area contributed by atoms with Crippen molar-refractivity contribution in [1.82, 2.24) is 9.78 Å². The molecular weight excluding hydrogens is 299 g/mol. The van der Waals surface area contributed by atoms with Gasteiger partial charge in [0.2, 0.25) is 0 Å². The fourth-order valence-corrected chi connectivity index (χ4v) is 1.66. The summed E-state index contributed by atoms with van der Waals surface area (Å²) < 4.78 is 43.0. The molecule has 0 aliphatic rings. The molecule has 1 amide bonds. The van der Waals surface area contributed by atoms with Gasteiger partial charge in [-0.05, 0) is 24.1 Å². The maximum atomic E-state index is 12.1. The molecule has 0 atom stereocenters. The Labute approximate surface area is 124 Å². The van der Waals surface area contributed by atoms with Crippen molar-refractivity contribution in [2.75, 3.05) is 5.32 Å². The van der Waals surface area contributed by atoms with Crippen LogP contribution >= 0.6 is 0 Å². The Bertz CT molecular complexity index is 636. The van der Waals surface area contributed by atoms with Crippen molar-refractivity contribution in [3.8, 4) is 5.75 Å². The highest BCUT2D eigenvalue weighted by Crippen LogP contribution is 2.18. The van der Waals surface area contributed by atoms with Crippen LogP contribution in [0.1, 0.15) is 12.5 Å². The molecule has 1 aromatic heterocycles. The number of hydrogen-bond donors (Lipinski definition) is 1. The van der Waals surface area contributed by atoms with E-state index in [2.05, 4.69) is 5.10 Å². The van der Waals surface area contributed by atoms with Gasteiger partial charge in [0.1, 0.15) is 5.75 Å². The van der Waals surface area contributed by atoms with E-state index in [0.717, 1.165) is 12.6 Å². The highest BCUT2D eigenvalue weighted by Gasteiger charge is 2.38. The predicted molar refractivity (Wildman–Crippen MR) is 73.4 cm³/mol. The minimum atomic E-state index is -4.93. The van der Waals surface area contributed by atoms with Crippen molar-refractivity contribution >= 4 is 11.6 Å². The molecule has 0 radical (unpaired) electrons. The SMILES string of the molecule is CCc1ccc(OCn2cc(NC(=O)C(F)(F)F)cn2)cc1. The van der Waals surface area contributed by atoms with E-state index in [0.29, 0.717) is 5.75 Å². The standard InChI is InChI=1S/C14H14F3N3O2/c1-2-10-3-5-12(6-4-10)22-9-20-8-11(7-18-20)19-13(21)14(15,16)17/h3-8H,2,9H2,1H3,(H,19,21). The molecule has 0 aliphatic heterocycles. The number of amides is 1. The highest BCUT2D eigenvalue weighted by atomic mass is 19.4. The van der Waals surface area contributed by atoms with Crippen LogP contribution in [0, 0.1) is 0 Å². The number of carbonyl (C=O) groups excluding carboxylic acids is 1. The fourth-order valence-electron chi connectivity index (χ4n) is 1.66. The first-order chi connectivity index (χ1) is 10.4. The van der Waals surface area contributed by atoms with E-state index in [1.54, 1.807) is 17.4 Å². The van der Waals surface area contributed by atoms with Gasteiger partial charge in [-0.3, -0.25) is 4.79 Å². The Balaban J connectivity index is 1.90. The molecular formula is C14H14F3N3O2. The van der Waals surface area contributed by atoms with Crippen LogP contribution in [0.4, 0.5) is 18.9 Å². The van der Waals surface area contributed by atoms with E-state index in [1.165, 1.54) is 16.4 Å². The molecule has 8 heteroatoms. The number of alkyl halides is 3. The molecule has 0 fully saturated rings. The zero-order valence-electron chi connectivity index (χ0n) is 11.7. The van der Waals surface area contributed by atoms with Gasteiger partial charge in [0, 0.05) is 0 Å². The summed E-state index contributed by atoms with van der Waals surface area (Å²) in [7, 11) is 0. The van der Waals surface area contributed by atoms with Gasteiger partial charge in [-0.2, -0.15) is 18.3 Å². The maximum absolute atomic E-state index is 12.1. The lowest BCUT2D eigenvalue weighted by Gasteiger charge is -2.07. The summed E-state index contributed by atoms with van der Waals surface area (Å²) in [6.45, 7) is 2.06. The number of rotatable bonds is 5. The van der Waals surface area contributed by atoms with Crippen LogP contribution in [0.3, 0.4) is 0 Å². The minimum Gasteiger partial charge on any atom is -0.471 e. The van der Waals surface area contributed by atoms with Crippen molar-refractivity contribution in [1.29, 1.82) is 0 Å². The van der Waals surface area contributed by atoms with E-state index in [9.17, 15) is 18.0 Å². The van der Waals surface area contributed by atoms with E-state index in [-0.39, 0.29) is 12.4 Å². The van der Waals surface area contributed by atoms with Crippen molar-refractivity contribution in [3.05, 3.63) is 42.2 Å². The lowest BCUT2D eigenvalue weighted by Crippen LogP contribution is -2.29. The number of carbonyl (C=O) groups is 1. The van der Waals surface area contributed by atoms with Crippen LogP contribution < -0.4 is 10.1 Å². The molecule has 1 N–H and O–H groups in total. The van der Waals surface area contributed by atoms with Gasteiger partial charge >= 0.3 is 12.1 Å². The van der Waals surface area contributed by atoms with Gasteiger partial charge < -0.3 is 10.1 Å². The summed E-state index contributed by atoms with van der Waals surface area (Å²) in [5.74, 6) is -1.42. The largest absolute Gasteiger partial charge is 0.471 e. The molecule has 22 heavy (non-hydrogen) atoms. The molecule has 118 valence electrons. The van der Waals surface area contributed by atoms with Crippen molar-refractivity contribution in [2.45, 2.75) is 26.3 Å². The third-order valence-corrected chi connectivity index (χ3v) is 2.84. The Morgan fingerprint density at radius 1 is 1.32 bits per heavy atom. The second kappa shape index (κ2) is 6.50. The van der Waals surface area contributed by atoms with Crippen molar-refractivity contribution in [2.24, 2.45) is 0 Å². The second-order valence-corrected chi connectivity index (χ2v) is 4.49.